The number of hydrogen-bond donors (Lipinski definition) is 2. The minimum absolute atomic E-state index is 0.0104. The van der Waals surface area contributed by atoms with Crippen LogP contribution in [0.15, 0.2) is 85.1 Å². The van der Waals surface area contributed by atoms with Gasteiger partial charge in [-0.2, -0.15) is 0 Å². The Bertz CT molecular complexity index is 1450. The molecule has 0 bridgehead atoms. The van der Waals surface area contributed by atoms with Crippen LogP contribution in [-0.2, 0) is 18.4 Å². The molecule has 0 fully saturated rings. The predicted octanol–water partition coefficient (Wildman–Crippen LogP) is 17.8. The Labute approximate surface area is 446 Å². The maximum atomic E-state index is 13.0. The Morgan fingerprint density at radius 3 is 1.24 bits per heavy atom. The van der Waals surface area contributed by atoms with E-state index in [1.807, 2.05) is 21.1 Å². The Morgan fingerprint density at radius 1 is 0.500 bits per heavy atom. The molecule has 0 rings (SSSR count). The molecule has 0 heterocycles. The lowest BCUT2D eigenvalue weighted by Gasteiger charge is -2.30. The fraction of sp³-hybridized carbons (Fsp3) is 0.762. The number of phosphoric acid groups is 1. The van der Waals surface area contributed by atoms with Crippen molar-refractivity contribution >= 4 is 13.7 Å². The molecule has 0 aromatic carbocycles. The lowest BCUT2D eigenvalue weighted by Crippen LogP contribution is -2.46. The van der Waals surface area contributed by atoms with Gasteiger partial charge in [0.1, 0.15) is 13.2 Å². The number of hydrogen-bond acceptors (Lipinski definition) is 6. The van der Waals surface area contributed by atoms with Crippen molar-refractivity contribution in [2.45, 2.75) is 270 Å². The van der Waals surface area contributed by atoms with E-state index in [-0.39, 0.29) is 19.1 Å². The van der Waals surface area contributed by atoms with Gasteiger partial charge in [0.2, 0.25) is 5.91 Å². The summed E-state index contributed by atoms with van der Waals surface area (Å²) in [5, 5.41) is 14.0. The van der Waals surface area contributed by atoms with E-state index in [4.69, 9.17) is 9.05 Å². The summed E-state index contributed by atoms with van der Waals surface area (Å²) in [6, 6.07) is -0.803. The van der Waals surface area contributed by atoms with Crippen LogP contribution in [0, 0.1) is 0 Å². The molecule has 2 N–H and O–H groups in total. The summed E-state index contributed by atoms with van der Waals surface area (Å²) in [7, 11) is 1.30. The monoisotopic (exact) mass is 1030 g/mol. The third-order valence-electron chi connectivity index (χ3n) is 13.1. The van der Waals surface area contributed by atoms with E-state index in [0.29, 0.717) is 23.9 Å². The van der Waals surface area contributed by atoms with Gasteiger partial charge >= 0.3 is 0 Å². The summed E-state index contributed by atoms with van der Waals surface area (Å²) < 4.78 is 23.4. The number of aliphatic hydroxyl groups is 1. The first-order chi connectivity index (χ1) is 35.0. The van der Waals surface area contributed by atoms with Gasteiger partial charge in [-0.05, 0) is 70.6 Å². The van der Waals surface area contributed by atoms with Gasteiger partial charge in [0.25, 0.3) is 7.82 Å². The second-order valence-electron chi connectivity index (χ2n) is 21.3. The number of amides is 1. The highest BCUT2D eigenvalue weighted by Crippen LogP contribution is 2.38. The maximum Gasteiger partial charge on any atom is 0.268 e. The number of unbranched alkanes of at least 4 members (excludes halogenated alkanes) is 27. The van der Waals surface area contributed by atoms with E-state index in [1.54, 1.807) is 0 Å². The lowest BCUT2D eigenvalue weighted by molar-refractivity contribution is -0.870. The molecule has 0 aliphatic rings. The van der Waals surface area contributed by atoms with Crippen LogP contribution in [0.2, 0.25) is 0 Å². The van der Waals surface area contributed by atoms with Crippen molar-refractivity contribution in [3.05, 3.63) is 85.1 Å². The van der Waals surface area contributed by atoms with Crippen LogP contribution < -0.4 is 10.2 Å². The van der Waals surface area contributed by atoms with Crippen molar-refractivity contribution in [2.75, 3.05) is 40.9 Å². The highest BCUT2D eigenvalue weighted by molar-refractivity contribution is 7.45. The number of quaternary nitrogens is 1. The van der Waals surface area contributed by atoms with Crippen LogP contribution in [0.3, 0.4) is 0 Å². The van der Waals surface area contributed by atoms with E-state index in [2.05, 4.69) is 104 Å². The van der Waals surface area contributed by atoms with Crippen molar-refractivity contribution < 1.29 is 32.9 Å². The highest BCUT2D eigenvalue weighted by atomic mass is 31.2. The van der Waals surface area contributed by atoms with E-state index in [0.717, 1.165) is 83.5 Å². The molecule has 418 valence electrons. The average molecular weight is 1030 g/mol. The first-order valence-corrected chi connectivity index (χ1v) is 31.4. The number of nitrogens with one attached hydrogen (secondary N) is 1. The summed E-state index contributed by atoms with van der Waals surface area (Å²) in [5.41, 5.74) is 0. The molecule has 72 heavy (non-hydrogen) atoms. The summed E-state index contributed by atoms with van der Waals surface area (Å²) in [6.45, 7) is 4.61. The topological polar surface area (TPSA) is 108 Å². The molecular formula is C63H115N2O6P. The number of rotatable bonds is 54. The molecule has 9 heteroatoms. The summed E-state index contributed by atoms with van der Waals surface area (Å²) in [4.78, 5) is 25.5. The fourth-order valence-electron chi connectivity index (χ4n) is 8.49. The molecule has 3 unspecified atom stereocenters. The number of aliphatic hydroxyl groups excluding tert-OH is 1. The van der Waals surface area contributed by atoms with Crippen LogP contribution in [0.25, 0.3) is 0 Å². The zero-order valence-corrected chi connectivity index (χ0v) is 48.5. The number of phosphoric ester groups is 1. The maximum absolute atomic E-state index is 13.0. The third-order valence-corrected chi connectivity index (χ3v) is 14.1. The number of carbonyl (C=O) groups is 1. The number of nitrogens with zero attached hydrogens (tertiary/aromatic N) is 1. The van der Waals surface area contributed by atoms with Crippen LogP contribution in [-0.4, -0.2) is 68.5 Å². The van der Waals surface area contributed by atoms with Crippen molar-refractivity contribution in [3.8, 4) is 0 Å². The number of likely N-dealkylation sites (N-methyl/N-ethyl adjacent to an activating group) is 1. The van der Waals surface area contributed by atoms with Gasteiger partial charge in [0.05, 0.1) is 39.9 Å². The SMILES string of the molecule is CC/C=C\C/C=C\C/C=C\C/C=C\C/C=C\C/C=C\C/C=C\CCCCCCCCCCCCCCCCCC(=O)NC(COP(=O)([O-])OCC[N+](C)(C)C)C(O)CCCCCCCCCCCCCCC. The zero-order valence-electron chi connectivity index (χ0n) is 47.6. The van der Waals surface area contributed by atoms with Gasteiger partial charge in [0.15, 0.2) is 0 Å². The van der Waals surface area contributed by atoms with Crippen LogP contribution >= 0.6 is 7.82 Å². The molecule has 0 aliphatic carbocycles. The van der Waals surface area contributed by atoms with Gasteiger partial charge in [-0.15, -0.1) is 0 Å². The molecule has 0 spiro atoms. The first kappa shape index (κ1) is 69.7. The van der Waals surface area contributed by atoms with Gasteiger partial charge in [-0.1, -0.05) is 266 Å². The summed E-state index contributed by atoms with van der Waals surface area (Å²) in [6.07, 6.45) is 74.8. The summed E-state index contributed by atoms with van der Waals surface area (Å²) in [5.74, 6) is -0.166. The molecular weight excluding hydrogens is 912 g/mol. The summed E-state index contributed by atoms with van der Waals surface area (Å²) >= 11 is 0. The van der Waals surface area contributed by atoms with E-state index < -0.39 is 20.0 Å². The van der Waals surface area contributed by atoms with E-state index in [1.165, 1.54) is 148 Å². The Morgan fingerprint density at radius 2 is 0.847 bits per heavy atom. The van der Waals surface area contributed by atoms with Crippen molar-refractivity contribution in [1.29, 1.82) is 0 Å². The largest absolute Gasteiger partial charge is 0.756 e. The zero-order chi connectivity index (χ0) is 52.7. The Hall–Kier alpha value is -2.32. The number of allylic oxidation sites excluding steroid dienone is 14. The normalized spacial score (nSPS) is 14.5. The first-order valence-electron chi connectivity index (χ1n) is 29.9. The van der Waals surface area contributed by atoms with Gasteiger partial charge in [-0.25, -0.2) is 0 Å². The third kappa shape index (κ3) is 55.4. The standard InChI is InChI=1S/C63H115N2O6P/c1-6-8-10-12-14-16-18-20-21-22-23-24-25-26-27-28-29-30-31-32-33-34-35-36-37-38-39-40-41-42-43-45-47-49-51-53-55-57-63(67)64-61(60-71-72(68,69)70-59-58-65(3,4)5)62(66)56-54-52-50-48-46-44-19-17-15-13-11-9-7-2/h8,10,14,16,20-21,23-24,26-27,29-30,32-33,61-62,66H,6-7,9,11-13,15,17-19,22,25,28,31,34-60H2,1-5H3,(H-,64,67,68,69)/b10-8-,16-14-,21-20-,24-23-,27-26-,30-29-,33-32-. The van der Waals surface area contributed by atoms with Crippen LogP contribution in [0.1, 0.15) is 258 Å². The lowest BCUT2D eigenvalue weighted by atomic mass is 10.0. The molecule has 0 saturated heterocycles. The predicted molar refractivity (Wildman–Crippen MR) is 311 cm³/mol. The molecule has 3 atom stereocenters. The smallest absolute Gasteiger partial charge is 0.268 e. The van der Waals surface area contributed by atoms with E-state index in [9.17, 15) is 19.4 Å². The van der Waals surface area contributed by atoms with Crippen molar-refractivity contribution in [2.24, 2.45) is 0 Å². The molecule has 0 saturated carbocycles. The molecule has 8 nitrogen and oxygen atoms in total. The van der Waals surface area contributed by atoms with Gasteiger partial charge < -0.3 is 28.8 Å². The van der Waals surface area contributed by atoms with Gasteiger partial charge in [-0.3, -0.25) is 9.36 Å². The van der Waals surface area contributed by atoms with Crippen LogP contribution in [0.4, 0.5) is 0 Å². The molecule has 0 radical (unpaired) electrons. The molecule has 1 amide bonds. The Balaban J connectivity index is 4.00. The average Bonchev–Trinajstić information content (AvgIpc) is 3.34. The Kier molecular flexibility index (Phi) is 51.8. The second kappa shape index (κ2) is 53.5. The minimum Gasteiger partial charge on any atom is -0.756 e. The number of carbonyl (C=O) groups excluding carboxylic acids is 1. The highest BCUT2D eigenvalue weighted by Gasteiger charge is 2.24. The molecule has 0 aromatic heterocycles. The molecule has 0 aliphatic heterocycles. The quantitative estimate of drug-likeness (QED) is 0.0272. The second-order valence-corrected chi connectivity index (χ2v) is 22.7. The van der Waals surface area contributed by atoms with Gasteiger partial charge in [0, 0.05) is 6.42 Å². The van der Waals surface area contributed by atoms with Crippen molar-refractivity contribution in [3.63, 3.8) is 0 Å². The van der Waals surface area contributed by atoms with Crippen LogP contribution in [0.5, 0.6) is 0 Å². The minimum atomic E-state index is -4.57. The van der Waals surface area contributed by atoms with E-state index >= 15 is 0 Å². The molecule has 0 aromatic rings. The van der Waals surface area contributed by atoms with Crippen molar-refractivity contribution in [1.82, 2.24) is 5.32 Å². The fourth-order valence-corrected chi connectivity index (χ4v) is 9.22.